The number of carboxylic acid groups (broad SMARTS) is 2. The monoisotopic (exact) mass is 1640 g/mol. The lowest BCUT2D eigenvalue weighted by atomic mass is 10.1. The molecule has 0 atom stereocenters. The number of allylic oxidation sites excluding steroid dienone is 2. The number of aromatic nitrogens is 28. The molecule has 14 aromatic heterocycles. The summed E-state index contributed by atoms with van der Waals surface area (Å²) in [7, 11) is 0. The highest BCUT2D eigenvalue weighted by Gasteiger charge is 2.11. The van der Waals surface area contributed by atoms with Crippen LogP contribution >= 0.6 is 34.8 Å². The molecule has 0 amide bonds. The topological polar surface area (TPSA) is 557 Å². The van der Waals surface area contributed by atoms with E-state index in [1.807, 2.05) is 19.1 Å². The standard InChI is InChI=1S/C11H13N5O.C10H11N5O2.C10H15N5.C9H10ClN5.C9H9N5O2.C8H10ClN5.C8H8ClN5.7CH4/c1-7(8(2)17)3-4-12-10-9-11(14-5-13-9)16-6-15-10;1-6(10(16)17)2-3-11-8-7-9(13-4-12-7)15-5-14-8;1-7(2)3-4-11-9-8-10(13-5-12-8)15-6-14-9;1-6(10)2-3-11-8-7-9(13-4-12-7)15-5-14-8;15-6(16)2-1-3-10-8-7-9(12-4-11-7)14-5-13-8;2*9-2-1-3-10-7-6-8(12-4-11-6)14-5-13-7;;;;;;;/h3,5-6H,4H2,1-2H3,(H2,12,13,14,15,16);2,4-5H,3H2,1H3,(H,16,17)(H2,11,12,13,14,15);5-7H,3-4H2,1-2H3,(H2,11,12,13,14,15);2,4-5H,3H2,1H3,(H2,11,12,13,14,15);1-2,4-5H,3H2,(H,15,16)(H2,10,11,12,13,14);4-5H,1-3H2,(H2,10,11,12,13,14);1-2,4-5H,3H2,(H2,10,11,12,13,14);7*1H4/b7-3-;6-2-;;6-2-;2-1-;;2-1-;;;;;;;. The molecule has 0 radical (unpaired) electrons. The van der Waals surface area contributed by atoms with Crippen LogP contribution in [0.25, 0.3) is 78.1 Å². The van der Waals surface area contributed by atoms with Crippen LogP contribution in [0.3, 0.4) is 0 Å². The van der Waals surface area contributed by atoms with Gasteiger partial charge in [-0.15, -0.1) is 11.6 Å². The van der Waals surface area contributed by atoms with E-state index >= 15 is 0 Å². The van der Waals surface area contributed by atoms with Gasteiger partial charge in [0.05, 0.1) is 44.3 Å². The summed E-state index contributed by atoms with van der Waals surface area (Å²) in [5.74, 6) is 4.43. The minimum atomic E-state index is -0.976. The highest BCUT2D eigenvalue weighted by molar-refractivity contribution is 6.29. The quantitative estimate of drug-likeness (QED) is 0.0136. The molecule has 0 saturated heterocycles. The molecule has 115 heavy (non-hydrogen) atoms. The molecule has 16 N–H and O–H groups in total. The number of halogens is 3. The zero-order chi connectivity index (χ0) is 76.8. The number of aliphatic carboxylic acids is 2. The molecule has 0 spiro atoms. The number of fused-ring (bicyclic) bond motifs is 7. The lowest BCUT2D eigenvalue weighted by molar-refractivity contribution is -0.133. The van der Waals surface area contributed by atoms with Crippen molar-refractivity contribution in [1.29, 1.82) is 0 Å². The fourth-order valence-corrected chi connectivity index (χ4v) is 8.98. The third-order valence-electron chi connectivity index (χ3n) is 14.2. The molecule has 0 aliphatic carbocycles. The number of imidazole rings is 7. The predicted octanol–water partition coefficient (Wildman–Crippen LogP) is 13.6. The van der Waals surface area contributed by atoms with E-state index in [0.29, 0.717) is 113 Å². The average Bonchev–Trinajstić information content (AvgIpc) is 1.75. The molecule has 43 heteroatoms. The minimum Gasteiger partial charge on any atom is -0.478 e. The fourth-order valence-electron chi connectivity index (χ4n) is 8.68. The Balaban J connectivity index is 0.000000665. The SMILES string of the molecule is C.C.C.C.C.C.C.C/C(=C/CNc1ncnc2nc[nH]c12)C(=O)O.C/C(Cl)=C/CNc1ncnc2nc[nH]c12.CC(=O)/C(C)=C\CNc1ncnc2nc[nH]c12.CC(C)CCNc1ncnc2nc[nH]c12.Cl/C=C\CNc1ncnc2nc[nH]c12.ClCCCNc1ncnc2nc[nH]c12.O=C(O)/C=C\CNc1ncnc2nc[nH]c12. The summed E-state index contributed by atoms with van der Waals surface area (Å²) in [6, 6.07) is 0. The van der Waals surface area contributed by atoms with Crippen molar-refractivity contribution in [2.45, 2.75) is 106 Å². The molecule has 0 aliphatic heterocycles. The molecule has 14 rings (SSSR count). The first-order valence-corrected chi connectivity index (χ1v) is 34.1. The largest absolute Gasteiger partial charge is 0.478 e. The van der Waals surface area contributed by atoms with Gasteiger partial charge in [-0.25, -0.2) is 114 Å². The number of nitrogens with zero attached hydrogens (tertiary/aromatic N) is 21. The third kappa shape index (κ3) is 31.7. The van der Waals surface area contributed by atoms with Crippen LogP contribution in [0.1, 0.15) is 106 Å². The third-order valence-corrected chi connectivity index (χ3v) is 14.8. The zero-order valence-corrected chi connectivity index (χ0v) is 61.2. The molecule has 618 valence electrons. The number of rotatable bonds is 26. The van der Waals surface area contributed by atoms with E-state index in [2.05, 4.69) is 191 Å². The van der Waals surface area contributed by atoms with Crippen LogP contribution in [-0.2, 0) is 14.4 Å². The Morgan fingerprint density at radius 1 is 0.383 bits per heavy atom. The maximum Gasteiger partial charge on any atom is 0.331 e. The second-order valence-electron chi connectivity index (χ2n) is 22.3. The average molecular weight is 1650 g/mol. The van der Waals surface area contributed by atoms with E-state index < -0.39 is 11.9 Å². The van der Waals surface area contributed by atoms with Gasteiger partial charge in [-0.1, -0.05) is 119 Å². The number of aromatic amines is 7. The van der Waals surface area contributed by atoms with Gasteiger partial charge in [0.1, 0.15) is 82.9 Å². The van der Waals surface area contributed by atoms with Crippen molar-refractivity contribution in [2.24, 2.45) is 5.92 Å². The fraction of sp³-hybridized carbons (Fsp3) is 0.333. The van der Waals surface area contributed by atoms with Gasteiger partial charge < -0.3 is 82.3 Å². The molecule has 0 saturated carbocycles. The van der Waals surface area contributed by atoms with Gasteiger partial charge >= 0.3 is 11.9 Å². The first-order chi connectivity index (χ1) is 52.5. The first-order valence-electron chi connectivity index (χ1n) is 32.8. The number of Topliss-reactive ketones (excluding diaryl/α,β-unsaturated/α-hetero) is 1. The number of nitrogens with one attached hydrogen (secondary N) is 14. The van der Waals surface area contributed by atoms with Crippen LogP contribution in [0.4, 0.5) is 40.7 Å². The number of ketones is 1. The van der Waals surface area contributed by atoms with Crippen molar-refractivity contribution in [1.82, 2.24) is 140 Å². The highest BCUT2D eigenvalue weighted by atomic mass is 35.5. The Hall–Kier alpha value is -13.4. The molecule has 0 fully saturated rings. The van der Waals surface area contributed by atoms with Crippen molar-refractivity contribution in [3.05, 3.63) is 147 Å². The number of carbonyl (C=O) groups is 3. The van der Waals surface area contributed by atoms with Crippen LogP contribution in [-0.4, -0.2) is 219 Å². The van der Waals surface area contributed by atoms with Crippen molar-refractivity contribution in [3.8, 4) is 0 Å². The van der Waals surface area contributed by atoms with E-state index in [-0.39, 0.29) is 63.3 Å². The smallest absolute Gasteiger partial charge is 0.331 e. The van der Waals surface area contributed by atoms with E-state index in [0.717, 1.165) is 93.5 Å². The molecule has 0 bridgehead atoms. The van der Waals surface area contributed by atoms with Gasteiger partial charge in [-0.3, -0.25) is 4.79 Å². The van der Waals surface area contributed by atoms with Crippen LogP contribution in [0.15, 0.2) is 147 Å². The van der Waals surface area contributed by atoms with Crippen molar-refractivity contribution >= 4 is 171 Å². The lowest BCUT2D eigenvalue weighted by Crippen LogP contribution is -2.06. The first kappa shape index (κ1) is 99.6. The Labute approximate surface area is 680 Å². The van der Waals surface area contributed by atoms with E-state index in [1.54, 1.807) is 57.6 Å². The van der Waals surface area contributed by atoms with Gasteiger partial charge in [0.25, 0.3) is 0 Å². The summed E-state index contributed by atoms with van der Waals surface area (Å²) in [4.78, 5) is 137. The second kappa shape index (κ2) is 53.5. The molecular weight excluding hydrogens is 1540 g/mol. The molecule has 14 heterocycles. The van der Waals surface area contributed by atoms with Gasteiger partial charge in [-0.05, 0) is 52.0 Å². The Morgan fingerprint density at radius 3 is 0.913 bits per heavy atom. The van der Waals surface area contributed by atoms with Gasteiger partial charge in [0, 0.05) is 73.9 Å². The summed E-state index contributed by atoms with van der Waals surface area (Å²) >= 11 is 16.7. The summed E-state index contributed by atoms with van der Waals surface area (Å²) < 4.78 is 0. The van der Waals surface area contributed by atoms with Gasteiger partial charge in [-0.2, -0.15) is 0 Å². The normalized spacial score (nSPS) is 10.7. The zero-order valence-electron chi connectivity index (χ0n) is 58.9. The number of hydrogen-bond acceptors (Lipinski definition) is 31. The number of anilines is 7. The second-order valence-corrected chi connectivity index (χ2v) is 23.5. The lowest BCUT2D eigenvalue weighted by Gasteiger charge is -2.07. The van der Waals surface area contributed by atoms with Crippen molar-refractivity contribution in [2.75, 3.05) is 88.9 Å². The number of carbonyl (C=O) groups excluding carboxylic acids is 1. The minimum absolute atomic E-state index is 0. The molecule has 0 aliphatic rings. The predicted molar refractivity (Wildman–Crippen MR) is 460 cm³/mol. The maximum atomic E-state index is 11.0. The molecular formula is C72H104Cl3N35O5. The van der Waals surface area contributed by atoms with Crippen molar-refractivity contribution < 1.29 is 24.6 Å². The Bertz CT molecular complexity index is 5190. The maximum absolute atomic E-state index is 11.0. The number of hydrogen-bond donors (Lipinski definition) is 16. The number of H-pyrrole nitrogens is 7. The molecule has 40 nitrogen and oxygen atoms in total. The summed E-state index contributed by atoms with van der Waals surface area (Å²) in [5, 5.41) is 39.5. The number of alkyl halides is 1. The van der Waals surface area contributed by atoms with Gasteiger partial charge in [0.2, 0.25) is 0 Å². The highest BCUT2D eigenvalue weighted by Crippen LogP contribution is 2.20. The summed E-state index contributed by atoms with van der Waals surface area (Å²) in [6.45, 7) is 15.4. The van der Waals surface area contributed by atoms with Crippen LogP contribution in [0, 0.1) is 5.92 Å². The summed E-state index contributed by atoms with van der Waals surface area (Å²) in [6.07, 6.45) is 32.9. The summed E-state index contributed by atoms with van der Waals surface area (Å²) in [5.41, 5.74) is 12.4. The van der Waals surface area contributed by atoms with E-state index in [9.17, 15) is 14.4 Å². The van der Waals surface area contributed by atoms with Gasteiger partial charge in [0.15, 0.2) is 86.0 Å². The molecule has 14 aromatic rings. The van der Waals surface area contributed by atoms with E-state index in [1.165, 1.54) is 75.5 Å². The molecule has 0 unspecified atom stereocenters. The molecule has 0 aromatic carbocycles. The Morgan fingerprint density at radius 2 is 0.652 bits per heavy atom. The number of carboxylic acids is 2. The van der Waals surface area contributed by atoms with Crippen LogP contribution < -0.4 is 37.2 Å². The Kier molecular flexibility index (Phi) is 46.4. The van der Waals surface area contributed by atoms with Crippen molar-refractivity contribution in [3.63, 3.8) is 0 Å². The van der Waals surface area contributed by atoms with E-state index in [4.69, 9.17) is 45.0 Å². The van der Waals surface area contributed by atoms with Crippen LogP contribution in [0.2, 0.25) is 0 Å². The van der Waals surface area contributed by atoms with Crippen LogP contribution in [0.5, 0.6) is 0 Å².